The molecule has 0 spiro atoms. The number of rotatable bonds is 1. The first-order chi connectivity index (χ1) is 11.3. The lowest BCUT2D eigenvalue weighted by Crippen LogP contribution is -2.43. The molecule has 1 aromatic rings. The summed E-state index contributed by atoms with van der Waals surface area (Å²) in [6, 6.07) is 0. The van der Waals surface area contributed by atoms with Gasteiger partial charge in [0, 0.05) is 30.3 Å². The average molecular weight is 341 g/mol. The molecule has 132 valence electrons. The highest BCUT2D eigenvalue weighted by molar-refractivity contribution is 5.79. The SMILES string of the molecule is Cc1nc2c(c(C(F)(F)F)n1)C[C@H](C(=O)N1CCC(C)CC1)CC2. The normalized spacial score (nSPS) is 22.4. The van der Waals surface area contributed by atoms with E-state index in [1.54, 1.807) is 0 Å². The number of piperidine rings is 1. The van der Waals surface area contributed by atoms with Gasteiger partial charge in [-0.3, -0.25) is 4.79 Å². The molecule has 0 aromatic carbocycles. The molecule has 4 nitrogen and oxygen atoms in total. The lowest BCUT2D eigenvalue weighted by molar-refractivity contribution is -0.143. The topological polar surface area (TPSA) is 46.1 Å². The number of likely N-dealkylation sites (tertiary alicyclic amines) is 1. The zero-order chi connectivity index (χ0) is 17.5. The molecule has 1 atom stereocenters. The number of nitrogens with zero attached hydrogens (tertiary/aromatic N) is 3. The first kappa shape index (κ1) is 17.2. The van der Waals surface area contributed by atoms with Gasteiger partial charge in [-0.1, -0.05) is 6.92 Å². The molecule has 1 aliphatic carbocycles. The van der Waals surface area contributed by atoms with Crippen molar-refractivity contribution >= 4 is 5.91 Å². The van der Waals surface area contributed by atoms with Crippen LogP contribution < -0.4 is 0 Å². The van der Waals surface area contributed by atoms with Crippen LogP contribution in [0.5, 0.6) is 0 Å². The van der Waals surface area contributed by atoms with E-state index in [9.17, 15) is 18.0 Å². The van der Waals surface area contributed by atoms with Crippen molar-refractivity contribution in [1.82, 2.24) is 14.9 Å². The standard InChI is InChI=1S/C17H22F3N3O/c1-10-5-7-23(8-6-10)16(24)12-3-4-14-13(9-12)15(17(18,19)20)22-11(2)21-14/h10,12H,3-9H2,1-2H3/t12-/m1/s1. The van der Waals surface area contributed by atoms with E-state index in [0.29, 0.717) is 37.5 Å². The maximum atomic E-state index is 13.3. The van der Waals surface area contributed by atoms with Crippen molar-refractivity contribution in [2.24, 2.45) is 11.8 Å². The maximum Gasteiger partial charge on any atom is 0.433 e. The highest BCUT2D eigenvalue weighted by atomic mass is 19.4. The molecule has 1 amide bonds. The Labute approximate surface area is 139 Å². The number of aromatic nitrogens is 2. The van der Waals surface area contributed by atoms with Gasteiger partial charge in [-0.25, -0.2) is 9.97 Å². The number of aryl methyl sites for hydroxylation is 2. The van der Waals surface area contributed by atoms with Crippen molar-refractivity contribution < 1.29 is 18.0 Å². The lowest BCUT2D eigenvalue weighted by Gasteiger charge is -2.34. The summed E-state index contributed by atoms with van der Waals surface area (Å²) in [5.41, 5.74) is -0.302. The number of fused-ring (bicyclic) bond motifs is 1. The molecular weight excluding hydrogens is 319 g/mol. The molecule has 2 heterocycles. The second-order valence-corrected chi connectivity index (χ2v) is 6.99. The first-order valence-corrected chi connectivity index (χ1v) is 8.48. The van der Waals surface area contributed by atoms with Gasteiger partial charge in [0.05, 0.1) is 0 Å². The zero-order valence-electron chi connectivity index (χ0n) is 14.0. The van der Waals surface area contributed by atoms with Crippen LogP contribution in [-0.2, 0) is 23.8 Å². The fourth-order valence-electron chi connectivity index (χ4n) is 3.67. The number of carbonyl (C=O) groups is 1. The van der Waals surface area contributed by atoms with Gasteiger partial charge < -0.3 is 4.90 Å². The quantitative estimate of drug-likeness (QED) is 0.788. The minimum Gasteiger partial charge on any atom is -0.342 e. The number of hydrogen-bond donors (Lipinski definition) is 0. The summed E-state index contributed by atoms with van der Waals surface area (Å²) in [7, 11) is 0. The highest BCUT2D eigenvalue weighted by Crippen LogP contribution is 2.36. The second-order valence-electron chi connectivity index (χ2n) is 6.99. The Bertz CT molecular complexity index is 637. The Kier molecular flexibility index (Phi) is 4.53. The number of hydrogen-bond acceptors (Lipinski definition) is 3. The Balaban J connectivity index is 1.82. The van der Waals surface area contributed by atoms with Crippen LogP contribution >= 0.6 is 0 Å². The Hall–Kier alpha value is -1.66. The zero-order valence-corrected chi connectivity index (χ0v) is 14.0. The van der Waals surface area contributed by atoms with E-state index in [0.717, 1.165) is 12.8 Å². The molecule has 1 saturated heterocycles. The highest BCUT2D eigenvalue weighted by Gasteiger charge is 2.40. The van der Waals surface area contributed by atoms with Crippen LogP contribution in [0.15, 0.2) is 0 Å². The van der Waals surface area contributed by atoms with E-state index >= 15 is 0 Å². The largest absolute Gasteiger partial charge is 0.433 e. The van der Waals surface area contributed by atoms with Gasteiger partial charge in [-0.2, -0.15) is 13.2 Å². The van der Waals surface area contributed by atoms with Gasteiger partial charge >= 0.3 is 6.18 Å². The van der Waals surface area contributed by atoms with Crippen molar-refractivity contribution in [2.45, 2.75) is 52.1 Å². The maximum absolute atomic E-state index is 13.3. The number of alkyl halides is 3. The molecule has 0 saturated carbocycles. The molecule has 3 rings (SSSR count). The molecular formula is C17H22F3N3O. The molecule has 1 fully saturated rings. The predicted octanol–water partition coefficient (Wildman–Crippen LogP) is 3.17. The minimum absolute atomic E-state index is 0.0127. The molecule has 1 aromatic heterocycles. The van der Waals surface area contributed by atoms with Crippen LogP contribution in [0, 0.1) is 18.8 Å². The van der Waals surface area contributed by atoms with Crippen molar-refractivity contribution in [2.75, 3.05) is 13.1 Å². The fourth-order valence-corrected chi connectivity index (χ4v) is 3.67. The van der Waals surface area contributed by atoms with Crippen LogP contribution in [0.3, 0.4) is 0 Å². The molecule has 0 N–H and O–H groups in total. The van der Waals surface area contributed by atoms with E-state index in [-0.39, 0.29) is 23.7 Å². The number of carbonyl (C=O) groups excluding carboxylic acids is 1. The predicted molar refractivity (Wildman–Crippen MR) is 82.3 cm³/mol. The average Bonchev–Trinajstić information content (AvgIpc) is 2.53. The number of amides is 1. The van der Waals surface area contributed by atoms with Crippen molar-refractivity contribution in [3.8, 4) is 0 Å². The van der Waals surface area contributed by atoms with Crippen LogP contribution in [0.1, 0.15) is 49.0 Å². The summed E-state index contributed by atoms with van der Waals surface area (Å²) in [6.45, 7) is 5.05. The van der Waals surface area contributed by atoms with Crippen molar-refractivity contribution in [1.29, 1.82) is 0 Å². The van der Waals surface area contributed by atoms with Gasteiger partial charge in [0.2, 0.25) is 5.91 Å². The van der Waals surface area contributed by atoms with Gasteiger partial charge in [0.25, 0.3) is 0 Å². The molecule has 2 aliphatic rings. The van der Waals surface area contributed by atoms with Crippen LogP contribution in [-0.4, -0.2) is 33.9 Å². The Morgan fingerprint density at radius 3 is 2.46 bits per heavy atom. The van der Waals surface area contributed by atoms with E-state index in [2.05, 4.69) is 16.9 Å². The van der Waals surface area contributed by atoms with E-state index < -0.39 is 17.8 Å². The smallest absolute Gasteiger partial charge is 0.342 e. The third-order valence-electron chi connectivity index (χ3n) is 5.10. The van der Waals surface area contributed by atoms with Crippen molar-refractivity contribution in [3.05, 3.63) is 22.8 Å². The molecule has 1 aliphatic heterocycles. The Morgan fingerprint density at radius 1 is 1.17 bits per heavy atom. The molecule has 0 radical (unpaired) electrons. The summed E-state index contributed by atoms with van der Waals surface area (Å²) in [5, 5.41) is 0. The lowest BCUT2D eigenvalue weighted by atomic mass is 9.84. The van der Waals surface area contributed by atoms with Crippen LogP contribution in [0.25, 0.3) is 0 Å². The summed E-state index contributed by atoms with van der Waals surface area (Å²) in [4.78, 5) is 22.3. The van der Waals surface area contributed by atoms with Crippen molar-refractivity contribution in [3.63, 3.8) is 0 Å². The first-order valence-electron chi connectivity index (χ1n) is 8.48. The Morgan fingerprint density at radius 2 is 1.83 bits per heavy atom. The van der Waals surface area contributed by atoms with Gasteiger partial charge in [0.15, 0.2) is 5.69 Å². The third-order valence-corrected chi connectivity index (χ3v) is 5.10. The van der Waals surface area contributed by atoms with E-state index in [1.807, 2.05) is 4.90 Å². The number of halogens is 3. The third kappa shape index (κ3) is 3.39. The molecule has 0 unspecified atom stereocenters. The van der Waals surface area contributed by atoms with Gasteiger partial charge in [0.1, 0.15) is 5.82 Å². The van der Waals surface area contributed by atoms with Crippen LogP contribution in [0.2, 0.25) is 0 Å². The monoisotopic (exact) mass is 341 g/mol. The van der Waals surface area contributed by atoms with Gasteiger partial charge in [-0.15, -0.1) is 0 Å². The summed E-state index contributed by atoms with van der Waals surface area (Å²) < 4.78 is 39.9. The minimum atomic E-state index is -4.51. The molecule has 0 bridgehead atoms. The fraction of sp³-hybridized carbons (Fsp3) is 0.706. The summed E-state index contributed by atoms with van der Waals surface area (Å²) >= 11 is 0. The summed E-state index contributed by atoms with van der Waals surface area (Å²) in [5.74, 6) is 0.338. The second kappa shape index (κ2) is 6.33. The van der Waals surface area contributed by atoms with E-state index in [4.69, 9.17) is 0 Å². The molecule has 7 heteroatoms. The summed E-state index contributed by atoms with van der Waals surface area (Å²) in [6.07, 6.45) is -1.52. The molecule has 24 heavy (non-hydrogen) atoms. The van der Waals surface area contributed by atoms with E-state index in [1.165, 1.54) is 6.92 Å². The van der Waals surface area contributed by atoms with Gasteiger partial charge in [-0.05, 0) is 44.9 Å². The van der Waals surface area contributed by atoms with Crippen LogP contribution in [0.4, 0.5) is 13.2 Å².